The predicted octanol–water partition coefficient (Wildman–Crippen LogP) is 1.82. The number of hydrogen-bond acceptors (Lipinski definition) is 15. The summed E-state index contributed by atoms with van der Waals surface area (Å²) in [5, 5.41) is 0. The van der Waals surface area contributed by atoms with Gasteiger partial charge in [0.05, 0.1) is 31.6 Å². The van der Waals surface area contributed by atoms with Crippen molar-refractivity contribution in [3.05, 3.63) is 31.2 Å². The van der Waals surface area contributed by atoms with E-state index in [1.807, 2.05) is 0 Å². The molecular weight excluding hydrogens is 629 g/mol. The quantitative estimate of drug-likeness (QED) is 0.233. The van der Waals surface area contributed by atoms with Gasteiger partial charge in [-0.2, -0.15) is 0 Å². The van der Waals surface area contributed by atoms with Gasteiger partial charge in [-0.1, -0.05) is 0 Å². The zero-order chi connectivity index (χ0) is 31.0. The molecule has 3 fully saturated rings. The van der Waals surface area contributed by atoms with Crippen LogP contribution in [0.15, 0.2) is 31.2 Å². The van der Waals surface area contributed by atoms with E-state index in [0.717, 1.165) is 13.0 Å². The molecule has 2 radical (unpaired) electrons. The summed E-state index contributed by atoms with van der Waals surface area (Å²) in [6, 6.07) is 1.53. The van der Waals surface area contributed by atoms with Gasteiger partial charge in [-0.15, -0.1) is 0 Å². The van der Waals surface area contributed by atoms with Crippen LogP contribution in [-0.2, 0) is 36.7 Å². The number of nitrogens with two attached hydrogens (primary N) is 2. The molecule has 4 aromatic heterocycles. The maximum Gasteiger partial charge on any atom is 0.328 e. The zero-order valence-corrected chi connectivity index (χ0v) is 24.5. The van der Waals surface area contributed by atoms with E-state index in [0.29, 0.717) is 11.2 Å². The molecule has 3 aliphatic rings. The SMILES string of the molecule is [B][P@]1(=O)OC[C@H]2O[C@@H](n3cnc4c(N)ccnc43)[C@H](F)[C@@H]2O[P@@](C)(=O)OC[C@H]2O[C@@H](n3cnc4c(N)ncnc43)[C@H](F)[C@@H]2O1. The average molecular weight is 653 g/mol. The number of rotatable bonds is 2. The van der Waals surface area contributed by atoms with Crippen LogP contribution in [0.1, 0.15) is 12.5 Å². The highest BCUT2D eigenvalue weighted by molar-refractivity contribution is 7.79. The third-order valence-electron chi connectivity index (χ3n) is 7.44. The second-order valence-corrected chi connectivity index (χ2v) is 13.9. The molecule has 0 aromatic carbocycles. The van der Waals surface area contributed by atoms with Crippen LogP contribution in [0, 0.1) is 0 Å². The lowest BCUT2D eigenvalue weighted by Gasteiger charge is -2.29. The largest absolute Gasteiger partial charge is 0.397 e. The molecule has 44 heavy (non-hydrogen) atoms. The number of nitrogens with zero attached hydrogens (tertiary/aromatic N) is 7. The van der Waals surface area contributed by atoms with Gasteiger partial charge in [0.1, 0.15) is 41.8 Å². The van der Waals surface area contributed by atoms with E-state index in [2.05, 4.69) is 24.9 Å². The monoisotopic (exact) mass is 653 g/mol. The van der Waals surface area contributed by atoms with Crippen LogP contribution >= 0.6 is 15.1 Å². The highest BCUT2D eigenvalue weighted by Gasteiger charge is 2.53. The zero-order valence-electron chi connectivity index (χ0n) is 22.7. The lowest BCUT2D eigenvalue weighted by Crippen LogP contribution is -2.37. The Hall–Kier alpha value is -3.09. The van der Waals surface area contributed by atoms with Gasteiger partial charge in [-0.05, 0) is 6.07 Å². The summed E-state index contributed by atoms with van der Waals surface area (Å²) >= 11 is 0. The molecule has 0 bridgehead atoms. The summed E-state index contributed by atoms with van der Waals surface area (Å²) in [4.78, 5) is 20.4. The van der Waals surface area contributed by atoms with Gasteiger partial charge >= 0.3 is 7.60 Å². The van der Waals surface area contributed by atoms with Gasteiger partial charge in [0.25, 0.3) is 7.47 Å². The van der Waals surface area contributed by atoms with Gasteiger partial charge < -0.3 is 34.5 Å². The van der Waals surface area contributed by atoms with E-state index in [9.17, 15) is 9.13 Å². The smallest absolute Gasteiger partial charge is 0.328 e. The Morgan fingerprint density at radius 3 is 2.14 bits per heavy atom. The first-order valence-corrected chi connectivity index (χ1v) is 16.7. The van der Waals surface area contributed by atoms with Crippen LogP contribution in [0.25, 0.3) is 22.3 Å². The van der Waals surface area contributed by atoms with Crippen LogP contribution in [-0.4, -0.2) is 98.3 Å². The molecule has 22 heteroatoms. The van der Waals surface area contributed by atoms with Crippen molar-refractivity contribution in [3.8, 4) is 0 Å². The van der Waals surface area contributed by atoms with Crippen molar-refractivity contribution in [1.29, 1.82) is 0 Å². The van der Waals surface area contributed by atoms with Crippen LogP contribution in [0.5, 0.6) is 0 Å². The summed E-state index contributed by atoms with van der Waals surface area (Å²) in [5.74, 6) is 0.0555. The highest BCUT2D eigenvalue weighted by Crippen LogP contribution is 2.54. The number of aromatic nitrogens is 7. The Morgan fingerprint density at radius 2 is 1.45 bits per heavy atom. The first kappa shape index (κ1) is 29.6. The first-order chi connectivity index (χ1) is 20.9. The molecule has 0 unspecified atom stereocenters. The van der Waals surface area contributed by atoms with Gasteiger partial charge in [-0.3, -0.25) is 22.8 Å². The van der Waals surface area contributed by atoms with Crippen LogP contribution < -0.4 is 11.5 Å². The molecule has 3 saturated heterocycles. The Labute approximate surface area is 248 Å². The number of nitrogen functional groups attached to an aromatic ring is 2. The Bertz CT molecular complexity index is 1700. The van der Waals surface area contributed by atoms with Crippen LogP contribution in [0.3, 0.4) is 0 Å². The average Bonchev–Trinajstić information content (AvgIpc) is 3.73. The van der Waals surface area contributed by atoms with Crippen molar-refractivity contribution in [1.82, 2.24) is 34.1 Å². The second-order valence-electron chi connectivity index (χ2n) is 10.4. The summed E-state index contributed by atoms with van der Waals surface area (Å²) in [6.45, 7) is -0.136. The topological polar surface area (TPSA) is 216 Å². The third kappa shape index (κ3) is 5.08. The molecule has 0 amide bonds. The molecule has 0 saturated carbocycles. The van der Waals surface area contributed by atoms with Gasteiger partial charge in [-0.25, -0.2) is 33.7 Å². The Morgan fingerprint density at radius 1 is 0.864 bits per heavy atom. The van der Waals surface area contributed by atoms with Crippen molar-refractivity contribution in [2.24, 2.45) is 0 Å². The van der Waals surface area contributed by atoms with Crippen molar-refractivity contribution in [2.75, 3.05) is 31.3 Å². The molecule has 0 spiro atoms. The number of fused-ring (bicyclic) bond motifs is 4. The molecule has 7 heterocycles. The molecule has 7 rings (SSSR count). The number of hydrogen-bond donors (Lipinski definition) is 2. The Balaban J connectivity index is 1.17. The van der Waals surface area contributed by atoms with E-state index < -0.39 is 77.5 Å². The number of anilines is 2. The molecule has 4 aromatic rings. The maximum absolute atomic E-state index is 16.0. The van der Waals surface area contributed by atoms with Crippen molar-refractivity contribution < 1.29 is 45.5 Å². The summed E-state index contributed by atoms with van der Waals surface area (Å²) in [5.41, 5.74) is 13.0. The van der Waals surface area contributed by atoms with E-state index in [-0.39, 0.29) is 22.6 Å². The predicted molar refractivity (Wildman–Crippen MR) is 148 cm³/mol. The van der Waals surface area contributed by atoms with Crippen molar-refractivity contribution in [3.63, 3.8) is 0 Å². The van der Waals surface area contributed by atoms with E-state index in [1.165, 1.54) is 34.1 Å². The standard InChI is InChI=1S/C22H24BF2N9O8P2/c1-43(35)37-4-10-17(13(25)22(39-10)34-8-32-15-18(27)29-6-30-20(15)34)42-44(23,36)38-5-11-16(41-43)12(24)21(40-11)33-7-31-14-9(26)2-3-28-19(14)33/h2-3,6-8,10-13,16-17,21-22H,4-5H2,1H3,(H2,26,28)(H2,27,29,30)/t10-,11-,12-,13-,16-,17-,21-,22-,43+,44+/m1/s1. The lowest BCUT2D eigenvalue weighted by molar-refractivity contribution is -0.0556. The second kappa shape index (κ2) is 10.8. The van der Waals surface area contributed by atoms with E-state index >= 15 is 8.78 Å². The molecular formula is C22H24BF2N9O8P2. The third-order valence-corrected chi connectivity index (χ3v) is 9.73. The minimum Gasteiger partial charge on any atom is -0.397 e. The molecule has 0 aliphatic carbocycles. The van der Waals surface area contributed by atoms with Crippen LogP contribution in [0.2, 0.25) is 0 Å². The van der Waals surface area contributed by atoms with Gasteiger partial charge in [0.15, 0.2) is 41.9 Å². The minimum absolute atomic E-state index is 0.0555. The molecule has 3 aliphatic heterocycles. The molecule has 10 atom stereocenters. The van der Waals surface area contributed by atoms with Gasteiger partial charge in [0, 0.05) is 12.9 Å². The summed E-state index contributed by atoms with van der Waals surface area (Å²) in [6.07, 6.45) is -7.57. The van der Waals surface area contributed by atoms with E-state index in [4.69, 9.17) is 46.6 Å². The first-order valence-electron chi connectivity index (χ1n) is 13.1. The maximum atomic E-state index is 16.0. The van der Waals surface area contributed by atoms with E-state index in [1.54, 1.807) is 0 Å². The number of ether oxygens (including phenoxy) is 2. The normalized spacial score (nSPS) is 38.2. The number of pyridine rings is 1. The number of alkyl halides is 2. The summed E-state index contributed by atoms with van der Waals surface area (Å²) in [7, 11) is -2.79. The van der Waals surface area contributed by atoms with Crippen LogP contribution in [0.4, 0.5) is 20.3 Å². The van der Waals surface area contributed by atoms with Gasteiger partial charge in [0.2, 0.25) is 7.57 Å². The fourth-order valence-electron chi connectivity index (χ4n) is 5.39. The lowest BCUT2D eigenvalue weighted by atomic mass is 10.1. The fraction of sp³-hybridized carbons (Fsp3) is 0.500. The molecule has 232 valence electrons. The van der Waals surface area contributed by atoms with Crippen molar-refractivity contribution >= 4 is 56.5 Å². The molecule has 4 N–H and O–H groups in total. The number of halogens is 2. The fourth-order valence-corrected chi connectivity index (χ4v) is 7.57. The number of imidazole rings is 2. The highest BCUT2D eigenvalue weighted by atomic mass is 31.2. The molecule has 17 nitrogen and oxygen atoms in total. The Kier molecular flexibility index (Phi) is 7.25. The summed E-state index contributed by atoms with van der Waals surface area (Å²) < 4.78 is 94.8. The minimum atomic E-state index is -4.55. The van der Waals surface area contributed by atoms with Crippen molar-refractivity contribution in [2.45, 2.75) is 49.2 Å².